The lowest BCUT2D eigenvalue weighted by atomic mass is 10.1. The fourth-order valence-corrected chi connectivity index (χ4v) is 3.30. The van der Waals surface area contributed by atoms with Crippen LogP contribution in [0.5, 0.6) is 0 Å². The van der Waals surface area contributed by atoms with Gasteiger partial charge in [0, 0.05) is 19.2 Å². The van der Waals surface area contributed by atoms with Gasteiger partial charge in [-0.1, -0.05) is 44.3 Å². The van der Waals surface area contributed by atoms with Crippen molar-refractivity contribution in [3.63, 3.8) is 0 Å². The standard InChI is InChI=1S/C13H20N2O2S2/c1-10(2)9-19(16,17)15(3)8-11-5-4-6-12(7-11)13(14)18/h4-7,10H,8-9H2,1-3H3,(H2,14,18). The Morgan fingerprint density at radius 3 is 2.58 bits per heavy atom. The van der Waals surface area contributed by atoms with Crippen LogP contribution in [-0.4, -0.2) is 30.5 Å². The van der Waals surface area contributed by atoms with Crippen molar-refractivity contribution in [1.29, 1.82) is 0 Å². The molecule has 0 amide bonds. The molecule has 0 aromatic heterocycles. The third-order valence-electron chi connectivity index (χ3n) is 2.64. The Bertz CT molecular complexity index is 554. The van der Waals surface area contributed by atoms with Gasteiger partial charge < -0.3 is 5.73 Å². The second-order valence-corrected chi connectivity index (χ2v) is 7.55. The van der Waals surface area contributed by atoms with Crippen LogP contribution < -0.4 is 5.73 Å². The highest BCUT2D eigenvalue weighted by Crippen LogP contribution is 2.12. The quantitative estimate of drug-likeness (QED) is 0.813. The van der Waals surface area contributed by atoms with Gasteiger partial charge in [-0.15, -0.1) is 0 Å². The number of sulfonamides is 1. The topological polar surface area (TPSA) is 63.4 Å². The van der Waals surface area contributed by atoms with Gasteiger partial charge in [0.2, 0.25) is 10.0 Å². The molecule has 0 aliphatic rings. The Labute approximate surface area is 120 Å². The van der Waals surface area contributed by atoms with Crippen LogP contribution in [-0.2, 0) is 16.6 Å². The number of hydrogen-bond acceptors (Lipinski definition) is 3. The maximum absolute atomic E-state index is 12.0. The molecule has 0 aliphatic heterocycles. The average molecular weight is 300 g/mol. The van der Waals surface area contributed by atoms with E-state index in [1.807, 2.05) is 38.1 Å². The molecule has 4 nitrogen and oxygen atoms in total. The summed E-state index contributed by atoms with van der Waals surface area (Å²) in [6.45, 7) is 4.10. The molecule has 2 N–H and O–H groups in total. The number of nitrogens with two attached hydrogens (primary N) is 1. The first-order chi connectivity index (χ1) is 8.72. The molecule has 0 saturated heterocycles. The molecule has 0 heterocycles. The van der Waals surface area contributed by atoms with Gasteiger partial charge in [-0.25, -0.2) is 12.7 Å². The SMILES string of the molecule is CC(C)CS(=O)(=O)N(C)Cc1cccc(C(N)=S)c1. The molecule has 19 heavy (non-hydrogen) atoms. The number of rotatable bonds is 6. The highest BCUT2D eigenvalue weighted by Gasteiger charge is 2.19. The lowest BCUT2D eigenvalue weighted by molar-refractivity contribution is 0.460. The van der Waals surface area contributed by atoms with Gasteiger partial charge in [0.15, 0.2) is 0 Å². The van der Waals surface area contributed by atoms with Gasteiger partial charge in [-0.2, -0.15) is 0 Å². The van der Waals surface area contributed by atoms with Crippen LogP contribution in [0.2, 0.25) is 0 Å². The minimum absolute atomic E-state index is 0.107. The number of hydrogen-bond donors (Lipinski definition) is 1. The van der Waals surface area contributed by atoms with Crippen molar-refractivity contribution < 1.29 is 8.42 Å². The molecule has 0 fully saturated rings. The second kappa shape index (κ2) is 6.45. The Hall–Kier alpha value is -0.980. The third-order valence-corrected chi connectivity index (χ3v) is 5.04. The van der Waals surface area contributed by atoms with Crippen LogP contribution in [0.3, 0.4) is 0 Å². The Morgan fingerprint density at radius 2 is 2.05 bits per heavy atom. The first-order valence-electron chi connectivity index (χ1n) is 6.05. The first kappa shape index (κ1) is 16.1. The highest BCUT2D eigenvalue weighted by molar-refractivity contribution is 7.89. The van der Waals surface area contributed by atoms with Gasteiger partial charge in [-0.3, -0.25) is 0 Å². The van der Waals surface area contributed by atoms with Crippen molar-refractivity contribution in [2.24, 2.45) is 11.7 Å². The van der Waals surface area contributed by atoms with Crippen LogP contribution in [0.25, 0.3) is 0 Å². The van der Waals surface area contributed by atoms with Crippen molar-refractivity contribution in [1.82, 2.24) is 4.31 Å². The van der Waals surface area contributed by atoms with Crippen molar-refractivity contribution in [2.45, 2.75) is 20.4 Å². The van der Waals surface area contributed by atoms with E-state index in [4.69, 9.17) is 18.0 Å². The number of nitrogens with zero attached hydrogens (tertiary/aromatic N) is 1. The largest absolute Gasteiger partial charge is 0.389 e. The third kappa shape index (κ3) is 4.89. The molecule has 0 bridgehead atoms. The summed E-state index contributed by atoms with van der Waals surface area (Å²) < 4.78 is 25.4. The van der Waals surface area contributed by atoms with Crippen LogP contribution in [0.4, 0.5) is 0 Å². The van der Waals surface area contributed by atoms with E-state index in [0.717, 1.165) is 11.1 Å². The van der Waals surface area contributed by atoms with E-state index < -0.39 is 10.0 Å². The van der Waals surface area contributed by atoms with Crippen molar-refractivity contribution in [2.75, 3.05) is 12.8 Å². The zero-order valence-electron chi connectivity index (χ0n) is 11.5. The zero-order chi connectivity index (χ0) is 14.6. The van der Waals surface area contributed by atoms with Gasteiger partial charge in [-0.05, 0) is 17.5 Å². The number of thiocarbonyl (C=S) groups is 1. The molecule has 0 aliphatic carbocycles. The smallest absolute Gasteiger partial charge is 0.214 e. The van der Waals surface area contributed by atoms with Crippen LogP contribution in [0, 0.1) is 5.92 Å². The van der Waals surface area contributed by atoms with Gasteiger partial charge in [0.05, 0.1) is 5.75 Å². The lowest BCUT2D eigenvalue weighted by Gasteiger charge is -2.18. The summed E-state index contributed by atoms with van der Waals surface area (Å²) in [6.07, 6.45) is 0. The molecule has 0 atom stereocenters. The molecule has 6 heteroatoms. The predicted octanol–water partition coefficient (Wildman–Crippen LogP) is 1.74. The van der Waals surface area contributed by atoms with E-state index in [1.54, 1.807) is 7.05 Å². The molecule has 1 rings (SSSR count). The Kier molecular flexibility index (Phi) is 5.46. The summed E-state index contributed by atoms with van der Waals surface area (Å²) in [6, 6.07) is 7.33. The molecule has 0 unspecified atom stereocenters. The highest BCUT2D eigenvalue weighted by atomic mass is 32.2. The predicted molar refractivity (Wildman–Crippen MR) is 82.4 cm³/mol. The van der Waals surface area contributed by atoms with Crippen LogP contribution in [0.15, 0.2) is 24.3 Å². The second-order valence-electron chi connectivity index (χ2n) is 4.99. The van der Waals surface area contributed by atoms with Crippen molar-refractivity contribution in [3.8, 4) is 0 Å². The van der Waals surface area contributed by atoms with Crippen LogP contribution in [0.1, 0.15) is 25.0 Å². The number of benzene rings is 1. The Morgan fingerprint density at radius 1 is 1.42 bits per heavy atom. The zero-order valence-corrected chi connectivity index (χ0v) is 13.1. The summed E-state index contributed by atoms with van der Waals surface area (Å²) in [4.78, 5) is 0.314. The van der Waals surface area contributed by atoms with E-state index in [-0.39, 0.29) is 11.7 Å². The molecule has 0 saturated carbocycles. The molecule has 1 aromatic rings. The van der Waals surface area contributed by atoms with Crippen molar-refractivity contribution in [3.05, 3.63) is 35.4 Å². The summed E-state index contributed by atoms with van der Waals surface area (Å²) in [5.41, 5.74) is 7.19. The molecule has 1 aromatic carbocycles. The van der Waals surface area contributed by atoms with E-state index in [1.165, 1.54) is 4.31 Å². The molecule has 0 radical (unpaired) electrons. The molecular weight excluding hydrogens is 280 g/mol. The minimum atomic E-state index is -3.22. The average Bonchev–Trinajstić information content (AvgIpc) is 2.27. The molecular formula is C13H20N2O2S2. The monoisotopic (exact) mass is 300 g/mol. The van der Waals surface area contributed by atoms with Gasteiger partial charge >= 0.3 is 0 Å². The first-order valence-corrected chi connectivity index (χ1v) is 8.07. The summed E-state index contributed by atoms with van der Waals surface area (Å²) >= 11 is 4.91. The molecule has 0 spiro atoms. The van der Waals surface area contributed by atoms with E-state index >= 15 is 0 Å². The van der Waals surface area contributed by atoms with E-state index in [9.17, 15) is 8.42 Å². The Balaban J connectivity index is 2.85. The fraction of sp³-hybridized carbons (Fsp3) is 0.462. The van der Waals surface area contributed by atoms with Gasteiger partial charge in [0.25, 0.3) is 0 Å². The maximum Gasteiger partial charge on any atom is 0.214 e. The van der Waals surface area contributed by atoms with Crippen molar-refractivity contribution >= 4 is 27.2 Å². The van der Waals surface area contributed by atoms with Gasteiger partial charge in [0.1, 0.15) is 4.99 Å². The minimum Gasteiger partial charge on any atom is -0.389 e. The molecule has 106 valence electrons. The summed E-state index contributed by atoms with van der Waals surface area (Å²) in [7, 11) is -1.63. The normalized spacial score (nSPS) is 12.1. The summed E-state index contributed by atoms with van der Waals surface area (Å²) in [5.74, 6) is 0.258. The van der Waals surface area contributed by atoms with E-state index in [2.05, 4.69) is 0 Å². The lowest BCUT2D eigenvalue weighted by Crippen LogP contribution is -2.30. The summed E-state index contributed by atoms with van der Waals surface area (Å²) in [5, 5.41) is 0. The van der Waals surface area contributed by atoms with Crippen LogP contribution >= 0.6 is 12.2 Å². The van der Waals surface area contributed by atoms with E-state index in [0.29, 0.717) is 11.5 Å². The fourth-order valence-electron chi connectivity index (χ4n) is 1.73. The maximum atomic E-state index is 12.0.